The maximum Gasteiger partial charge on any atom is 0.119 e. The van der Waals surface area contributed by atoms with Crippen LogP contribution in [0.3, 0.4) is 0 Å². The van der Waals surface area contributed by atoms with Crippen molar-refractivity contribution in [2.24, 2.45) is 0 Å². The highest BCUT2D eigenvalue weighted by Gasteiger charge is 2.01. The Morgan fingerprint density at radius 1 is 1.15 bits per heavy atom. The first kappa shape index (κ1) is 10.3. The number of phenols is 2. The highest BCUT2D eigenvalue weighted by molar-refractivity contribution is 7.80. The van der Waals surface area contributed by atoms with Crippen LogP contribution in [0, 0.1) is 0 Å². The van der Waals surface area contributed by atoms with Crippen LogP contribution in [0.5, 0.6) is 11.5 Å². The molecule has 0 bridgehead atoms. The number of hydrogen-bond acceptors (Lipinski definition) is 3. The summed E-state index contributed by atoms with van der Waals surface area (Å²) in [5.74, 6) is 1.33. The van der Waals surface area contributed by atoms with Crippen LogP contribution in [0.2, 0.25) is 0 Å². The maximum atomic E-state index is 9.40. The molecule has 0 fully saturated rings. The van der Waals surface area contributed by atoms with E-state index < -0.39 is 0 Å². The standard InChI is InChI=1S/C10H14O2S/c11-9-4-5-10(12)8(7-9)3-1-2-6-13/h4-5,7,11-13H,1-3,6H2. The largest absolute Gasteiger partial charge is 0.508 e. The van der Waals surface area contributed by atoms with Crippen molar-refractivity contribution in [3.63, 3.8) is 0 Å². The van der Waals surface area contributed by atoms with E-state index in [1.807, 2.05) is 0 Å². The second-order valence-electron chi connectivity index (χ2n) is 2.99. The Hall–Kier alpha value is -0.830. The molecule has 0 unspecified atom stereocenters. The van der Waals surface area contributed by atoms with Gasteiger partial charge in [0.2, 0.25) is 0 Å². The van der Waals surface area contributed by atoms with Gasteiger partial charge >= 0.3 is 0 Å². The molecule has 13 heavy (non-hydrogen) atoms. The predicted molar refractivity (Wildman–Crippen MR) is 56.6 cm³/mol. The van der Waals surface area contributed by atoms with Gasteiger partial charge in [0.15, 0.2) is 0 Å². The van der Waals surface area contributed by atoms with Gasteiger partial charge < -0.3 is 10.2 Å². The molecule has 0 aromatic heterocycles. The van der Waals surface area contributed by atoms with E-state index in [4.69, 9.17) is 5.11 Å². The summed E-state index contributed by atoms with van der Waals surface area (Å²) in [7, 11) is 0. The monoisotopic (exact) mass is 198 g/mol. The smallest absolute Gasteiger partial charge is 0.119 e. The van der Waals surface area contributed by atoms with Crippen molar-refractivity contribution in [1.29, 1.82) is 0 Å². The lowest BCUT2D eigenvalue weighted by Gasteiger charge is -2.03. The van der Waals surface area contributed by atoms with Gasteiger partial charge in [-0.05, 0) is 48.8 Å². The number of benzene rings is 1. The van der Waals surface area contributed by atoms with Gasteiger partial charge in [-0.3, -0.25) is 0 Å². The highest BCUT2D eigenvalue weighted by atomic mass is 32.1. The molecule has 2 nitrogen and oxygen atoms in total. The average molecular weight is 198 g/mol. The zero-order valence-electron chi connectivity index (χ0n) is 7.40. The van der Waals surface area contributed by atoms with Crippen molar-refractivity contribution in [2.45, 2.75) is 19.3 Å². The average Bonchev–Trinajstić information content (AvgIpc) is 2.11. The topological polar surface area (TPSA) is 40.5 Å². The molecular formula is C10H14O2S. The van der Waals surface area contributed by atoms with E-state index >= 15 is 0 Å². The molecule has 0 heterocycles. The summed E-state index contributed by atoms with van der Waals surface area (Å²) in [6.07, 6.45) is 2.81. The third kappa shape index (κ3) is 3.19. The van der Waals surface area contributed by atoms with Gasteiger partial charge in [-0.25, -0.2) is 0 Å². The molecule has 0 saturated carbocycles. The normalized spacial score (nSPS) is 10.2. The van der Waals surface area contributed by atoms with E-state index in [0.29, 0.717) is 0 Å². The molecule has 72 valence electrons. The Kier molecular flexibility index (Phi) is 3.96. The molecule has 0 spiro atoms. The van der Waals surface area contributed by atoms with Gasteiger partial charge in [-0.2, -0.15) is 12.6 Å². The summed E-state index contributed by atoms with van der Waals surface area (Å²) < 4.78 is 0. The van der Waals surface area contributed by atoms with Gasteiger partial charge in [0.05, 0.1) is 0 Å². The number of rotatable bonds is 4. The fourth-order valence-electron chi connectivity index (χ4n) is 1.20. The van der Waals surface area contributed by atoms with Gasteiger partial charge in [-0.1, -0.05) is 0 Å². The molecule has 0 amide bonds. The molecule has 0 aliphatic carbocycles. The van der Waals surface area contributed by atoms with E-state index in [9.17, 15) is 5.11 Å². The molecule has 1 aromatic rings. The lowest BCUT2D eigenvalue weighted by molar-refractivity contribution is 0.453. The Labute approximate surface area is 83.6 Å². The molecule has 1 rings (SSSR count). The maximum absolute atomic E-state index is 9.40. The van der Waals surface area contributed by atoms with E-state index in [1.54, 1.807) is 6.07 Å². The fraction of sp³-hybridized carbons (Fsp3) is 0.400. The van der Waals surface area contributed by atoms with Gasteiger partial charge in [0, 0.05) is 0 Å². The first-order valence-electron chi connectivity index (χ1n) is 4.36. The first-order chi connectivity index (χ1) is 6.24. The van der Waals surface area contributed by atoms with Crippen LogP contribution in [0.15, 0.2) is 18.2 Å². The first-order valence-corrected chi connectivity index (χ1v) is 4.99. The summed E-state index contributed by atoms with van der Waals surface area (Å²) in [6.45, 7) is 0. The summed E-state index contributed by atoms with van der Waals surface area (Å²) >= 11 is 4.10. The van der Waals surface area contributed by atoms with E-state index in [0.717, 1.165) is 30.6 Å². The number of aryl methyl sites for hydroxylation is 1. The summed E-state index contributed by atoms with van der Waals surface area (Å²) in [4.78, 5) is 0. The van der Waals surface area contributed by atoms with Crippen molar-refractivity contribution < 1.29 is 10.2 Å². The summed E-state index contributed by atoms with van der Waals surface area (Å²) in [5.41, 5.74) is 0.807. The van der Waals surface area contributed by atoms with Gasteiger partial charge in [-0.15, -0.1) is 0 Å². The molecule has 0 atom stereocenters. The molecule has 0 radical (unpaired) electrons. The van der Waals surface area contributed by atoms with Crippen molar-refractivity contribution in [1.82, 2.24) is 0 Å². The van der Waals surface area contributed by atoms with Crippen molar-refractivity contribution in [2.75, 3.05) is 5.75 Å². The molecule has 0 saturated heterocycles. The van der Waals surface area contributed by atoms with Crippen molar-refractivity contribution in [3.05, 3.63) is 23.8 Å². The summed E-state index contributed by atoms with van der Waals surface area (Å²) in [5, 5.41) is 18.6. The minimum Gasteiger partial charge on any atom is -0.508 e. The number of phenolic OH excluding ortho intramolecular Hbond substituents is 2. The molecule has 1 aromatic carbocycles. The van der Waals surface area contributed by atoms with Crippen LogP contribution in [0.25, 0.3) is 0 Å². The Morgan fingerprint density at radius 2 is 1.92 bits per heavy atom. The van der Waals surface area contributed by atoms with Crippen LogP contribution < -0.4 is 0 Å². The van der Waals surface area contributed by atoms with Gasteiger partial charge in [0.1, 0.15) is 11.5 Å². The fourth-order valence-corrected chi connectivity index (χ4v) is 1.42. The third-order valence-electron chi connectivity index (χ3n) is 1.92. The van der Waals surface area contributed by atoms with Crippen LogP contribution in [-0.2, 0) is 6.42 Å². The number of unbranched alkanes of at least 4 members (excludes halogenated alkanes) is 1. The molecule has 0 aliphatic rings. The Balaban J connectivity index is 2.59. The molecule has 2 N–H and O–H groups in total. The van der Waals surface area contributed by atoms with E-state index in [-0.39, 0.29) is 11.5 Å². The Bertz CT molecular complexity index is 274. The van der Waals surface area contributed by atoms with E-state index in [1.165, 1.54) is 12.1 Å². The van der Waals surface area contributed by atoms with Crippen LogP contribution in [0.1, 0.15) is 18.4 Å². The van der Waals surface area contributed by atoms with Crippen molar-refractivity contribution >= 4 is 12.6 Å². The minimum absolute atomic E-state index is 0.207. The van der Waals surface area contributed by atoms with Gasteiger partial charge in [0.25, 0.3) is 0 Å². The SMILES string of the molecule is Oc1ccc(O)c(CCCCS)c1. The summed E-state index contributed by atoms with van der Waals surface area (Å²) in [6, 6.07) is 4.61. The lowest BCUT2D eigenvalue weighted by atomic mass is 10.1. The lowest BCUT2D eigenvalue weighted by Crippen LogP contribution is -1.87. The minimum atomic E-state index is 0.207. The quantitative estimate of drug-likeness (QED) is 0.395. The van der Waals surface area contributed by atoms with Crippen LogP contribution in [0.4, 0.5) is 0 Å². The zero-order chi connectivity index (χ0) is 9.68. The molecule has 0 aliphatic heterocycles. The number of aromatic hydroxyl groups is 2. The number of hydrogen-bond donors (Lipinski definition) is 3. The second-order valence-corrected chi connectivity index (χ2v) is 3.44. The second kappa shape index (κ2) is 5.02. The third-order valence-corrected chi connectivity index (χ3v) is 2.23. The van der Waals surface area contributed by atoms with Crippen LogP contribution >= 0.6 is 12.6 Å². The van der Waals surface area contributed by atoms with Crippen LogP contribution in [-0.4, -0.2) is 16.0 Å². The number of thiol groups is 1. The Morgan fingerprint density at radius 3 is 2.62 bits per heavy atom. The van der Waals surface area contributed by atoms with Crippen molar-refractivity contribution in [3.8, 4) is 11.5 Å². The zero-order valence-corrected chi connectivity index (χ0v) is 8.30. The predicted octanol–water partition coefficient (Wildman–Crippen LogP) is 2.35. The van der Waals surface area contributed by atoms with E-state index in [2.05, 4.69) is 12.6 Å². The highest BCUT2D eigenvalue weighted by Crippen LogP contribution is 2.23. The molecule has 3 heteroatoms. The molecular weight excluding hydrogens is 184 g/mol.